The molecular formula is C24H41NO5. The number of hydrogen-bond acceptors (Lipinski definition) is 4. The van der Waals surface area contributed by atoms with Crippen molar-refractivity contribution >= 4 is 23.4 Å². The van der Waals surface area contributed by atoms with Gasteiger partial charge in [-0.1, -0.05) is 58.6 Å². The largest absolute Gasteiger partial charge is 0.480 e. The van der Waals surface area contributed by atoms with E-state index in [1.807, 2.05) is 13.8 Å². The molecule has 0 heterocycles. The molecule has 0 saturated heterocycles. The van der Waals surface area contributed by atoms with Gasteiger partial charge >= 0.3 is 5.97 Å². The van der Waals surface area contributed by atoms with Crippen molar-refractivity contribution in [3.05, 3.63) is 12.2 Å². The van der Waals surface area contributed by atoms with E-state index in [0.717, 1.165) is 44.9 Å². The van der Waals surface area contributed by atoms with E-state index in [-0.39, 0.29) is 23.4 Å². The molecule has 30 heavy (non-hydrogen) atoms. The standard InChI is InChI=1S/C24H41NO5/c1-4-6-7-8-10-13-16-20(26)21(27)17-14-11-9-12-15-18-22(28)25-23(24(29)30)19(3)5-2/h6-7,19,23H,4-5,8-18H2,1-3H3,(H,25,28)(H,29,30). The Kier molecular flexibility index (Phi) is 16.7. The highest BCUT2D eigenvalue weighted by Crippen LogP contribution is 2.11. The molecule has 2 atom stereocenters. The van der Waals surface area contributed by atoms with Gasteiger partial charge in [-0.05, 0) is 44.4 Å². The Morgan fingerprint density at radius 2 is 1.33 bits per heavy atom. The zero-order chi connectivity index (χ0) is 22.8. The molecule has 0 rings (SSSR count). The Morgan fingerprint density at radius 3 is 1.87 bits per heavy atom. The molecule has 6 heteroatoms. The van der Waals surface area contributed by atoms with Gasteiger partial charge in [-0.25, -0.2) is 4.79 Å². The van der Waals surface area contributed by atoms with Crippen LogP contribution in [0.15, 0.2) is 12.2 Å². The zero-order valence-corrected chi connectivity index (χ0v) is 19.1. The minimum atomic E-state index is -0.995. The van der Waals surface area contributed by atoms with Crippen LogP contribution in [-0.2, 0) is 19.2 Å². The molecule has 0 aromatic rings. The summed E-state index contributed by atoms with van der Waals surface area (Å²) in [5, 5.41) is 11.8. The lowest BCUT2D eigenvalue weighted by molar-refractivity contribution is -0.143. The molecule has 0 bridgehead atoms. The summed E-state index contributed by atoms with van der Waals surface area (Å²) >= 11 is 0. The van der Waals surface area contributed by atoms with Crippen molar-refractivity contribution in [2.45, 2.75) is 110 Å². The maximum Gasteiger partial charge on any atom is 0.326 e. The number of carboxylic acids is 1. The number of nitrogens with one attached hydrogen (secondary N) is 1. The van der Waals surface area contributed by atoms with Crippen molar-refractivity contribution in [2.24, 2.45) is 5.92 Å². The maximum atomic E-state index is 11.9. The molecule has 0 fully saturated rings. The van der Waals surface area contributed by atoms with Gasteiger partial charge in [-0.3, -0.25) is 14.4 Å². The lowest BCUT2D eigenvalue weighted by Crippen LogP contribution is -2.44. The van der Waals surface area contributed by atoms with Crippen molar-refractivity contribution < 1.29 is 24.3 Å². The van der Waals surface area contributed by atoms with Crippen LogP contribution in [0.25, 0.3) is 0 Å². The molecule has 0 aliphatic rings. The predicted octanol–water partition coefficient (Wildman–Crippen LogP) is 5.00. The fourth-order valence-electron chi connectivity index (χ4n) is 3.14. The van der Waals surface area contributed by atoms with E-state index >= 15 is 0 Å². The molecule has 2 N–H and O–H groups in total. The maximum absolute atomic E-state index is 11.9. The number of carbonyl (C=O) groups excluding carboxylic acids is 3. The van der Waals surface area contributed by atoms with Crippen molar-refractivity contribution in [3.63, 3.8) is 0 Å². The van der Waals surface area contributed by atoms with Gasteiger partial charge in [0, 0.05) is 19.3 Å². The first-order valence-corrected chi connectivity index (χ1v) is 11.6. The SMILES string of the molecule is CCC=CCCCCC(=O)C(=O)CCCCCCCC(=O)NC(C(=O)O)C(C)CC. The molecule has 6 nitrogen and oxygen atoms in total. The number of ketones is 2. The van der Waals surface area contributed by atoms with E-state index in [9.17, 15) is 24.3 Å². The van der Waals surface area contributed by atoms with E-state index in [4.69, 9.17) is 0 Å². The van der Waals surface area contributed by atoms with Crippen LogP contribution in [0.5, 0.6) is 0 Å². The minimum absolute atomic E-state index is 0.107. The van der Waals surface area contributed by atoms with Crippen LogP contribution in [-0.4, -0.2) is 34.6 Å². The number of amides is 1. The minimum Gasteiger partial charge on any atom is -0.480 e. The number of carbonyl (C=O) groups is 4. The molecule has 0 aromatic heterocycles. The van der Waals surface area contributed by atoms with Gasteiger partial charge in [0.25, 0.3) is 0 Å². The molecule has 2 unspecified atom stereocenters. The number of allylic oxidation sites excluding steroid dienone is 2. The Bertz CT molecular complexity index is 556. The summed E-state index contributed by atoms with van der Waals surface area (Å²) in [7, 11) is 0. The van der Waals surface area contributed by atoms with Gasteiger partial charge in [0.1, 0.15) is 6.04 Å². The Balaban J connectivity index is 3.77. The smallest absolute Gasteiger partial charge is 0.326 e. The second-order valence-electron chi connectivity index (χ2n) is 8.01. The highest BCUT2D eigenvalue weighted by molar-refractivity contribution is 6.37. The monoisotopic (exact) mass is 423 g/mol. The van der Waals surface area contributed by atoms with Crippen molar-refractivity contribution in [1.82, 2.24) is 5.32 Å². The van der Waals surface area contributed by atoms with E-state index in [1.54, 1.807) is 0 Å². The molecule has 0 saturated carbocycles. The van der Waals surface area contributed by atoms with E-state index in [0.29, 0.717) is 38.5 Å². The number of carboxylic acid groups (broad SMARTS) is 1. The van der Waals surface area contributed by atoms with Crippen molar-refractivity contribution in [3.8, 4) is 0 Å². The van der Waals surface area contributed by atoms with Gasteiger partial charge in [0.05, 0.1) is 0 Å². The lowest BCUT2D eigenvalue weighted by atomic mass is 9.99. The average Bonchev–Trinajstić information content (AvgIpc) is 2.72. The second-order valence-corrected chi connectivity index (χ2v) is 8.01. The predicted molar refractivity (Wildman–Crippen MR) is 119 cm³/mol. The van der Waals surface area contributed by atoms with Crippen molar-refractivity contribution in [1.29, 1.82) is 0 Å². The fraction of sp³-hybridized carbons (Fsp3) is 0.750. The zero-order valence-electron chi connectivity index (χ0n) is 19.1. The third kappa shape index (κ3) is 14.1. The first-order valence-electron chi connectivity index (χ1n) is 11.6. The third-order valence-corrected chi connectivity index (χ3v) is 5.34. The summed E-state index contributed by atoms with van der Waals surface area (Å²) < 4.78 is 0. The molecule has 172 valence electrons. The fourth-order valence-corrected chi connectivity index (χ4v) is 3.14. The van der Waals surface area contributed by atoms with Gasteiger partial charge in [-0.2, -0.15) is 0 Å². The molecule has 0 spiro atoms. The second kappa shape index (κ2) is 17.8. The highest BCUT2D eigenvalue weighted by atomic mass is 16.4. The Labute approximate surface area is 181 Å². The van der Waals surface area contributed by atoms with Gasteiger partial charge < -0.3 is 10.4 Å². The summed E-state index contributed by atoms with van der Waals surface area (Å²) in [5.74, 6) is -1.84. The van der Waals surface area contributed by atoms with Gasteiger partial charge in [-0.15, -0.1) is 0 Å². The molecule has 0 aromatic carbocycles. The third-order valence-electron chi connectivity index (χ3n) is 5.34. The van der Waals surface area contributed by atoms with Crippen LogP contribution in [0, 0.1) is 5.92 Å². The number of Topliss-reactive ketones (excluding diaryl/α,β-unsaturated/α-hetero) is 2. The topological polar surface area (TPSA) is 101 Å². The Hall–Kier alpha value is -1.98. The first kappa shape index (κ1) is 28.0. The number of hydrogen-bond donors (Lipinski definition) is 2. The summed E-state index contributed by atoms with van der Waals surface area (Å²) in [6, 6.07) is -0.834. The van der Waals surface area contributed by atoms with Crippen LogP contribution in [0.2, 0.25) is 0 Å². The highest BCUT2D eigenvalue weighted by Gasteiger charge is 2.24. The van der Waals surface area contributed by atoms with Crippen molar-refractivity contribution in [2.75, 3.05) is 0 Å². The van der Waals surface area contributed by atoms with Gasteiger partial charge in [0.15, 0.2) is 11.6 Å². The first-order chi connectivity index (χ1) is 14.3. The van der Waals surface area contributed by atoms with Crippen LogP contribution >= 0.6 is 0 Å². The summed E-state index contributed by atoms with van der Waals surface area (Å²) in [4.78, 5) is 46.8. The summed E-state index contributed by atoms with van der Waals surface area (Å²) in [5.41, 5.74) is 0. The normalized spacial score (nSPS) is 13.2. The lowest BCUT2D eigenvalue weighted by Gasteiger charge is -2.20. The van der Waals surface area contributed by atoms with Crippen LogP contribution < -0.4 is 5.32 Å². The number of rotatable bonds is 19. The number of unbranched alkanes of at least 4 members (excludes halogenated alkanes) is 6. The summed E-state index contributed by atoms with van der Waals surface area (Å²) in [6.07, 6.45) is 13.6. The van der Waals surface area contributed by atoms with E-state index in [1.165, 1.54) is 0 Å². The van der Waals surface area contributed by atoms with Crippen LogP contribution in [0.3, 0.4) is 0 Å². The van der Waals surface area contributed by atoms with E-state index in [2.05, 4.69) is 24.4 Å². The molecule has 0 radical (unpaired) electrons. The molecule has 0 aliphatic carbocycles. The average molecular weight is 424 g/mol. The Morgan fingerprint density at radius 1 is 0.800 bits per heavy atom. The van der Waals surface area contributed by atoms with Gasteiger partial charge in [0.2, 0.25) is 5.91 Å². The molecule has 1 amide bonds. The number of aliphatic carboxylic acids is 1. The van der Waals surface area contributed by atoms with E-state index < -0.39 is 12.0 Å². The van der Waals surface area contributed by atoms with Crippen LogP contribution in [0.1, 0.15) is 104 Å². The quantitative estimate of drug-likeness (QED) is 0.173. The molecular weight excluding hydrogens is 382 g/mol. The van der Waals surface area contributed by atoms with Crippen LogP contribution in [0.4, 0.5) is 0 Å². The summed E-state index contributed by atoms with van der Waals surface area (Å²) in [6.45, 7) is 5.80. The molecule has 0 aliphatic heterocycles.